The van der Waals surface area contributed by atoms with Crippen molar-refractivity contribution in [2.24, 2.45) is 0 Å². The highest BCUT2D eigenvalue weighted by atomic mass is 32.2. The third-order valence-electron chi connectivity index (χ3n) is 2.27. The first-order valence-electron chi connectivity index (χ1n) is 5.32. The maximum atomic E-state index is 5.63. The smallest absolute Gasteiger partial charge is 0.231 e. The minimum atomic E-state index is 0.125. The lowest BCUT2D eigenvalue weighted by Crippen LogP contribution is -2.27. The standard InChI is InChI=1S/C10H20N6S/c1-10(2,17-5)6-12-8-13-7(11)14-9(15-8)16(3)4/h6H2,1-5H3,(H3,11,12,13,14,15). The van der Waals surface area contributed by atoms with Crippen molar-refractivity contribution in [2.45, 2.75) is 18.6 Å². The molecule has 0 fully saturated rings. The SMILES string of the molecule is CSC(C)(C)CNc1nc(N)nc(N(C)C)n1. The first-order chi connectivity index (χ1) is 7.84. The summed E-state index contributed by atoms with van der Waals surface area (Å²) in [5, 5.41) is 3.18. The number of nitrogens with zero attached hydrogens (tertiary/aromatic N) is 4. The molecule has 0 atom stereocenters. The fourth-order valence-corrected chi connectivity index (χ4v) is 1.24. The van der Waals surface area contributed by atoms with Crippen LogP contribution < -0.4 is 16.0 Å². The summed E-state index contributed by atoms with van der Waals surface area (Å²) in [6.07, 6.45) is 2.08. The van der Waals surface area contributed by atoms with Crippen LogP contribution in [0.15, 0.2) is 0 Å². The molecule has 0 saturated heterocycles. The normalized spacial score (nSPS) is 11.4. The summed E-state index contributed by atoms with van der Waals surface area (Å²) in [4.78, 5) is 14.2. The Balaban J connectivity index is 2.78. The van der Waals surface area contributed by atoms with Gasteiger partial charge in [-0.05, 0) is 20.1 Å². The molecule has 0 unspecified atom stereocenters. The van der Waals surface area contributed by atoms with Crippen LogP contribution in [-0.2, 0) is 0 Å². The minimum absolute atomic E-state index is 0.125. The van der Waals surface area contributed by atoms with Gasteiger partial charge in [-0.3, -0.25) is 0 Å². The molecule has 0 aliphatic carbocycles. The molecule has 0 bridgehead atoms. The van der Waals surface area contributed by atoms with Gasteiger partial charge in [-0.1, -0.05) is 0 Å². The summed E-state index contributed by atoms with van der Waals surface area (Å²) in [6, 6.07) is 0. The number of anilines is 3. The van der Waals surface area contributed by atoms with Crippen LogP contribution in [-0.4, -0.2) is 46.6 Å². The Morgan fingerprint density at radius 1 is 1.29 bits per heavy atom. The lowest BCUT2D eigenvalue weighted by molar-refractivity contribution is 0.745. The second-order valence-corrected chi connectivity index (χ2v) is 6.04. The highest BCUT2D eigenvalue weighted by molar-refractivity contribution is 7.99. The zero-order valence-electron chi connectivity index (χ0n) is 11.0. The molecule has 1 aromatic heterocycles. The molecule has 0 aliphatic heterocycles. The van der Waals surface area contributed by atoms with Crippen LogP contribution in [0.5, 0.6) is 0 Å². The summed E-state index contributed by atoms with van der Waals surface area (Å²) in [6.45, 7) is 5.08. The van der Waals surface area contributed by atoms with Gasteiger partial charge in [0.05, 0.1) is 0 Å². The van der Waals surface area contributed by atoms with Gasteiger partial charge in [-0.2, -0.15) is 26.7 Å². The van der Waals surface area contributed by atoms with Crippen molar-refractivity contribution in [3.63, 3.8) is 0 Å². The van der Waals surface area contributed by atoms with Gasteiger partial charge in [-0.25, -0.2) is 0 Å². The molecule has 1 heterocycles. The van der Waals surface area contributed by atoms with E-state index >= 15 is 0 Å². The monoisotopic (exact) mass is 256 g/mol. The number of hydrogen-bond donors (Lipinski definition) is 2. The Morgan fingerprint density at radius 2 is 1.94 bits per heavy atom. The van der Waals surface area contributed by atoms with Gasteiger partial charge >= 0.3 is 0 Å². The molecule has 0 aromatic carbocycles. The van der Waals surface area contributed by atoms with Crippen LogP contribution >= 0.6 is 11.8 Å². The van der Waals surface area contributed by atoms with Crippen LogP contribution in [0, 0.1) is 0 Å². The van der Waals surface area contributed by atoms with Gasteiger partial charge < -0.3 is 16.0 Å². The van der Waals surface area contributed by atoms with Crippen LogP contribution in [0.1, 0.15) is 13.8 Å². The maximum absolute atomic E-state index is 5.63. The van der Waals surface area contributed by atoms with Crippen LogP contribution in [0.25, 0.3) is 0 Å². The van der Waals surface area contributed by atoms with Crippen molar-refractivity contribution >= 4 is 29.6 Å². The van der Waals surface area contributed by atoms with E-state index in [4.69, 9.17) is 5.73 Å². The Bertz CT molecular complexity index is 379. The van der Waals surface area contributed by atoms with Crippen molar-refractivity contribution in [1.29, 1.82) is 0 Å². The van der Waals surface area contributed by atoms with Crippen LogP contribution in [0.4, 0.5) is 17.8 Å². The molecule has 0 amide bonds. The highest BCUT2D eigenvalue weighted by Gasteiger charge is 2.16. The van der Waals surface area contributed by atoms with Crippen molar-refractivity contribution in [1.82, 2.24) is 15.0 Å². The van der Waals surface area contributed by atoms with Crippen molar-refractivity contribution in [3.05, 3.63) is 0 Å². The second kappa shape index (κ2) is 5.39. The molecule has 3 N–H and O–H groups in total. The van der Waals surface area contributed by atoms with E-state index in [-0.39, 0.29) is 10.7 Å². The second-order valence-electron chi connectivity index (χ2n) is 4.53. The van der Waals surface area contributed by atoms with Crippen molar-refractivity contribution in [2.75, 3.05) is 42.8 Å². The Hall–Kier alpha value is -1.24. The summed E-state index contributed by atoms with van der Waals surface area (Å²) in [7, 11) is 3.73. The van der Waals surface area contributed by atoms with E-state index < -0.39 is 0 Å². The molecule has 1 rings (SSSR count). The van der Waals surface area contributed by atoms with E-state index in [2.05, 4.69) is 40.4 Å². The van der Waals surface area contributed by atoms with Crippen LogP contribution in [0.3, 0.4) is 0 Å². The van der Waals surface area contributed by atoms with Gasteiger partial charge in [0.1, 0.15) is 0 Å². The summed E-state index contributed by atoms with van der Waals surface area (Å²) >= 11 is 1.79. The fourth-order valence-electron chi connectivity index (χ4n) is 1.02. The average Bonchev–Trinajstić information content (AvgIpc) is 2.26. The third kappa shape index (κ3) is 4.26. The summed E-state index contributed by atoms with van der Waals surface area (Å²) in [5.74, 6) is 1.30. The Labute approximate surface area is 106 Å². The molecule has 0 spiro atoms. The first kappa shape index (κ1) is 13.8. The van der Waals surface area contributed by atoms with Gasteiger partial charge in [0, 0.05) is 25.4 Å². The molecular weight excluding hydrogens is 236 g/mol. The largest absolute Gasteiger partial charge is 0.368 e. The molecule has 0 radical (unpaired) electrons. The topological polar surface area (TPSA) is 80.0 Å². The van der Waals surface area contributed by atoms with Gasteiger partial charge in [-0.15, -0.1) is 0 Å². The van der Waals surface area contributed by atoms with E-state index in [1.54, 1.807) is 16.7 Å². The highest BCUT2D eigenvalue weighted by Crippen LogP contribution is 2.21. The Morgan fingerprint density at radius 3 is 2.47 bits per heavy atom. The Kier molecular flexibility index (Phi) is 4.39. The number of rotatable bonds is 5. The number of nitrogen functional groups attached to an aromatic ring is 1. The lowest BCUT2D eigenvalue weighted by Gasteiger charge is -2.22. The molecule has 0 aliphatic rings. The van der Waals surface area contributed by atoms with E-state index in [0.717, 1.165) is 6.54 Å². The average molecular weight is 256 g/mol. The van der Waals surface area contributed by atoms with E-state index in [0.29, 0.717) is 11.9 Å². The van der Waals surface area contributed by atoms with Gasteiger partial charge in [0.2, 0.25) is 17.8 Å². The number of aromatic nitrogens is 3. The molecule has 6 nitrogen and oxygen atoms in total. The van der Waals surface area contributed by atoms with E-state index in [1.807, 2.05) is 14.1 Å². The van der Waals surface area contributed by atoms with E-state index in [9.17, 15) is 0 Å². The first-order valence-corrected chi connectivity index (χ1v) is 6.54. The predicted molar refractivity (Wildman–Crippen MR) is 74.7 cm³/mol. The molecular formula is C10H20N6S. The van der Waals surface area contributed by atoms with Crippen molar-refractivity contribution < 1.29 is 0 Å². The number of nitrogens with one attached hydrogen (secondary N) is 1. The van der Waals surface area contributed by atoms with E-state index in [1.165, 1.54) is 0 Å². The predicted octanol–water partition coefficient (Wildman–Crippen LogP) is 1.07. The molecule has 17 heavy (non-hydrogen) atoms. The number of nitrogens with two attached hydrogens (primary N) is 1. The quantitative estimate of drug-likeness (QED) is 0.815. The zero-order valence-corrected chi connectivity index (χ0v) is 11.8. The summed E-state index contributed by atoms with van der Waals surface area (Å²) in [5.41, 5.74) is 5.63. The molecule has 96 valence electrons. The van der Waals surface area contributed by atoms with Gasteiger partial charge in [0.15, 0.2) is 0 Å². The van der Waals surface area contributed by atoms with Gasteiger partial charge in [0.25, 0.3) is 0 Å². The molecule has 7 heteroatoms. The molecule has 1 aromatic rings. The number of hydrogen-bond acceptors (Lipinski definition) is 7. The maximum Gasteiger partial charge on any atom is 0.231 e. The zero-order chi connectivity index (χ0) is 13.1. The number of thioether (sulfide) groups is 1. The van der Waals surface area contributed by atoms with Crippen LogP contribution in [0.2, 0.25) is 0 Å². The third-order valence-corrected chi connectivity index (χ3v) is 3.52. The lowest BCUT2D eigenvalue weighted by atomic mass is 10.2. The van der Waals surface area contributed by atoms with Crippen molar-refractivity contribution in [3.8, 4) is 0 Å². The fraction of sp³-hybridized carbons (Fsp3) is 0.700. The summed E-state index contributed by atoms with van der Waals surface area (Å²) < 4.78 is 0.125. The molecule has 0 saturated carbocycles. The minimum Gasteiger partial charge on any atom is -0.368 e.